The topological polar surface area (TPSA) is 107 Å². The van der Waals surface area contributed by atoms with Crippen LogP contribution in [0.5, 0.6) is 23.0 Å². The van der Waals surface area contributed by atoms with Crippen molar-refractivity contribution in [3.8, 4) is 23.0 Å². The molecule has 33 heavy (non-hydrogen) atoms. The van der Waals surface area contributed by atoms with Crippen molar-refractivity contribution < 1.29 is 27.4 Å². The molecule has 2 aliphatic rings. The SMILES string of the molecule is Cc1ccc2c(c1)NC(=O)c1cc(S(=O)(=O)N3CCOCC3)c(Oc3cccnc3)cc1O2. The Hall–Kier alpha value is -3.47. The van der Waals surface area contributed by atoms with Gasteiger partial charge in [-0.3, -0.25) is 9.78 Å². The third kappa shape index (κ3) is 4.15. The van der Waals surface area contributed by atoms with Crippen LogP contribution in [0.4, 0.5) is 5.69 Å². The van der Waals surface area contributed by atoms with Crippen LogP contribution in [0.25, 0.3) is 0 Å². The van der Waals surface area contributed by atoms with Crippen molar-refractivity contribution in [3.05, 3.63) is 66.0 Å². The minimum Gasteiger partial charge on any atom is -0.454 e. The van der Waals surface area contributed by atoms with Crippen molar-refractivity contribution in [1.82, 2.24) is 9.29 Å². The predicted molar refractivity (Wildman–Crippen MR) is 120 cm³/mol. The van der Waals surface area contributed by atoms with Crippen molar-refractivity contribution in [3.63, 3.8) is 0 Å². The van der Waals surface area contributed by atoms with Gasteiger partial charge in [-0.05, 0) is 42.8 Å². The number of benzene rings is 2. The van der Waals surface area contributed by atoms with Gasteiger partial charge in [0.15, 0.2) is 11.5 Å². The Balaban J connectivity index is 1.65. The molecule has 10 heteroatoms. The smallest absolute Gasteiger partial charge is 0.259 e. The first-order chi connectivity index (χ1) is 15.9. The first kappa shape index (κ1) is 21.4. The molecule has 2 aliphatic heterocycles. The normalized spacial score (nSPS) is 16.1. The molecule has 1 N–H and O–H groups in total. The average Bonchev–Trinajstić information content (AvgIpc) is 2.95. The largest absolute Gasteiger partial charge is 0.454 e. The number of nitrogens with one attached hydrogen (secondary N) is 1. The molecule has 0 bridgehead atoms. The second kappa shape index (κ2) is 8.47. The number of hydrogen-bond acceptors (Lipinski definition) is 7. The molecular formula is C23H21N3O6S. The van der Waals surface area contributed by atoms with E-state index in [2.05, 4.69) is 10.3 Å². The van der Waals surface area contributed by atoms with E-state index in [4.69, 9.17) is 14.2 Å². The zero-order valence-electron chi connectivity index (χ0n) is 17.8. The number of ether oxygens (including phenoxy) is 3. The lowest BCUT2D eigenvalue weighted by Gasteiger charge is -2.27. The molecule has 0 saturated carbocycles. The van der Waals surface area contributed by atoms with E-state index in [1.165, 1.54) is 22.6 Å². The van der Waals surface area contributed by atoms with Gasteiger partial charge in [0.25, 0.3) is 5.91 Å². The van der Waals surface area contributed by atoms with Gasteiger partial charge in [0, 0.05) is 25.4 Å². The van der Waals surface area contributed by atoms with Gasteiger partial charge in [0.1, 0.15) is 16.4 Å². The Morgan fingerprint density at radius 2 is 1.91 bits per heavy atom. The zero-order chi connectivity index (χ0) is 23.0. The molecule has 5 rings (SSSR count). The summed E-state index contributed by atoms with van der Waals surface area (Å²) in [4.78, 5) is 16.9. The monoisotopic (exact) mass is 467 g/mol. The third-order valence-corrected chi connectivity index (χ3v) is 7.26. The van der Waals surface area contributed by atoms with Crippen molar-refractivity contribution >= 4 is 21.6 Å². The molecule has 0 atom stereocenters. The summed E-state index contributed by atoms with van der Waals surface area (Å²) in [7, 11) is -3.98. The molecule has 3 aromatic rings. The molecule has 1 amide bonds. The first-order valence-corrected chi connectivity index (χ1v) is 11.8. The van der Waals surface area contributed by atoms with E-state index in [1.54, 1.807) is 30.5 Å². The Morgan fingerprint density at radius 3 is 2.67 bits per heavy atom. The third-order valence-electron chi connectivity index (χ3n) is 5.34. The van der Waals surface area contributed by atoms with Crippen LogP contribution in [0, 0.1) is 6.92 Å². The maximum atomic E-state index is 13.5. The summed E-state index contributed by atoms with van der Waals surface area (Å²) in [6.07, 6.45) is 3.06. The van der Waals surface area contributed by atoms with Crippen LogP contribution < -0.4 is 14.8 Å². The molecule has 9 nitrogen and oxygen atoms in total. The van der Waals surface area contributed by atoms with E-state index in [9.17, 15) is 13.2 Å². The van der Waals surface area contributed by atoms with Gasteiger partial charge in [-0.1, -0.05) is 6.07 Å². The van der Waals surface area contributed by atoms with Gasteiger partial charge < -0.3 is 19.5 Å². The van der Waals surface area contributed by atoms with E-state index >= 15 is 0 Å². The molecule has 3 heterocycles. The van der Waals surface area contributed by atoms with E-state index < -0.39 is 15.9 Å². The Morgan fingerprint density at radius 1 is 1.09 bits per heavy atom. The summed E-state index contributed by atoms with van der Waals surface area (Å²) in [5.41, 5.74) is 1.54. The number of nitrogens with zero attached hydrogens (tertiary/aromatic N) is 2. The fraction of sp³-hybridized carbons (Fsp3) is 0.217. The molecule has 170 valence electrons. The highest BCUT2D eigenvalue weighted by Gasteiger charge is 2.33. The maximum Gasteiger partial charge on any atom is 0.259 e. The highest BCUT2D eigenvalue weighted by Crippen LogP contribution is 2.42. The Labute approximate surface area is 191 Å². The van der Waals surface area contributed by atoms with Gasteiger partial charge in [0.05, 0.1) is 30.7 Å². The molecule has 2 aromatic carbocycles. The molecule has 0 radical (unpaired) electrons. The zero-order valence-corrected chi connectivity index (χ0v) is 18.6. The average molecular weight is 468 g/mol. The summed E-state index contributed by atoms with van der Waals surface area (Å²) < 4.78 is 45.6. The van der Waals surface area contributed by atoms with Gasteiger partial charge in [-0.2, -0.15) is 4.31 Å². The number of sulfonamides is 1. The minimum absolute atomic E-state index is 0.0385. The van der Waals surface area contributed by atoms with Crippen molar-refractivity contribution in [2.75, 3.05) is 31.6 Å². The van der Waals surface area contributed by atoms with Gasteiger partial charge >= 0.3 is 0 Å². The molecule has 1 fully saturated rings. The molecular weight excluding hydrogens is 446 g/mol. The highest BCUT2D eigenvalue weighted by molar-refractivity contribution is 7.89. The van der Waals surface area contributed by atoms with Crippen molar-refractivity contribution in [2.45, 2.75) is 11.8 Å². The van der Waals surface area contributed by atoms with Crippen LogP contribution in [-0.2, 0) is 14.8 Å². The molecule has 0 aliphatic carbocycles. The number of hydrogen-bond donors (Lipinski definition) is 1. The summed E-state index contributed by atoms with van der Waals surface area (Å²) >= 11 is 0. The lowest BCUT2D eigenvalue weighted by molar-refractivity contribution is 0.0729. The number of fused-ring (bicyclic) bond motifs is 2. The van der Waals surface area contributed by atoms with E-state index in [0.29, 0.717) is 30.4 Å². The number of morpholine rings is 1. The van der Waals surface area contributed by atoms with Crippen LogP contribution in [0.2, 0.25) is 0 Å². The molecule has 1 saturated heterocycles. The fourth-order valence-electron chi connectivity index (χ4n) is 3.68. The second-order valence-corrected chi connectivity index (χ2v) is 9.56. The number of anilines is 1. The number of pyridine rings is 1. The number of carbonyl (C=O) groups excluding carboxylic acids is 1. The molecule has 0 unspecified atom stereocenters. The lowest BCUT2D eigenvalue weighted by Crippen LogP contribution is -2.40. The second-order valence-electron chi connectivity index (χ2n) is 7.66. The van der Waals surface area contributed by atoms with Crippen LogP contribution in [0.1, 0.15) is 15.9 Å². The standard InChI is InChI=1S/C23H21N3O6S/c1-15-4-5-19-18(11-15)25-23(27)17-12-22(33(28,29)26-7-9-30-10-8-26)21(13-20(17)32-19)31-16-3-2-6-24-14-16/h2-6,11-14H,7-10H2,1H3,(H,25,27). The van der Waals surface area contributed by atoms with Crippen LogP contribution in [0.15, 0.2) is 59.8 Å². The van der Waals surface area contributed by atoms with Gasteiger partial charge in [0.2, 0.25) is 10.0 Å². The quantitative estimate of drug-likeness (QED) is 0.625. The number of amides is 1. The summed E-state index contributed by atoms with van der Waals surface area (Å²) in [6.45, 7) is 2.90. The van der Waals surface area contributed by atoms with Gasteiger partial charge in [-0.25, -0.2) is 8.42 Å². The van der Waals surface area contributed by atoms with Crippen LogP contribution in [0.3, 0.4) is 0 Å². The number of rotatable bonds is 4. The van der Waals surface area contributed by atoms with Gasteiger partial charge in [-0.15, -0.1) is 0 Å². The summed E-state index contributed by atoms with van der Waals surface area (Å²) in [5.74, 6) is 0.556. The van der Waals surface area contributed by atoms with Crippen molar-refractivity contribution in [1.29, 1.82) is 0 Å². The van der Waals surface area contributed by atoms with E-state index in [1.807, 2.05) is 13.0 Å². The number of aromatic nitrogens is 1. The molecule has 0 spiro atoms. The van der Waals surface area contributed by atoms with Crippen molar-refractivity contribution in [2.24, 2.45) is 0 Å². The summed E-state index contributed by atoms with van der Waals surface area (Å²) in [5, 5.41) is 2.80. The fourth-order valence-corrected chi connectivity index (χ4v) is 5.21. The maximum absolute atomic E-state index is 13.5. The van der Waals surface area contributed by atoms with Crippen LogP contribution in [-0.4, -0.2) is 49.9 Å². The minimum atomic E-state index is -3.98. The first-order valence-electron chi connectivity index (χ1n) is 10.4. The molecule has 1 aromatic heterocycles. The Bertz CT molecular complexity index is 1320. The Kier molecular flexibility index (Phi) is 5.49. The number of carbonyl (C=O) groups is 1. The summed E-state index contributed by atoms with van der Waals surface area (Å²) in [6, 6.07) is 11.5. The van der Waals surface area contributed by atoms with Crippen LogP contribution >= 0.6 is 0 Å². The van der Waals surface area contributed by atoms with E-state index in [0.717, 1.165) is 5.56 Å². The van der Waals surface area contributed by atoms with E-state index in [-0.39, 0.29) is 35.0 Å². The lowest BCUT2D eigenvalue weighted by atomic mass is 10.1. The predicted octanol–water partition coefficient (Wildman–Crippen LogP) is 3.56. The number of aryl methyl sites for hydroxylation is 1. The highest BCUT2D eigenvalue weighted by atomic mass is 32.2.